The Morgan fingerprint density at radius 3 is 2.52 bits per heavy atom. The number of aromatic nitrogens is 1. The number of aromatic carboxylic acids is 1. The number of halogens is 1. The third-order valence-corrected chi connectivity index (χ3v) is 5.10. The van der Waals surface area contributed by atoms with Gasteiger partial charge >= 0.3 is 5.97 Å². The van der Waals surface area contributed by atoms with E-state index in [1.807, 2.05) is 11.9 Å². The van der Waals surface area contributed by atoms with Crippen LogP contribution in [-0.4, -0.2) is 60.9 Å². The van der Waals surface area contributed by atoms with Crippen LogP contribution in [0.3, 0.4) is 0 Å². The first-order valence-corrected chi connectivity index (χ1v) is 8.17. The molecule has 2 aliphatic rings. The smallest absolute Gasteiger partial charge is 0.341 e. The van der Waals surface area contributed by atoms with Crippen LogP contribution in [0, 0.1) is 5.82 Å². The lowest BCUT2D eigenvalue weighted by molar-refractivity contribution is 0.0695. The number of nitrogens with zero attached hydrogens (tertiary/aromatic N) is 4. The number of likely N-dealkylation sites (N-methyl/N-ethyl adjacent to an activating group) is 1. The molecule has 1 aromatic heterocycles. The van der Waals surface area contributed by atoms with Crippen molar-refractivity contribution in [3.05, 3.63) is 39.4 Å². The molecule has 0 aliphatic carbocycles. The molecule has 0 unspecified atom stereocenters. The number of rotatable bonds is 2. The molecule has 2 aliphatic heterocycles. The van der Waals surface area contributed by atoms with Gasteiger partial charge in [0.2, 0.25) is 5.43 Å². The number of pyridine rings is 1. The number of carboxylic acid groups (broad SMARTS) is 1. The second kappa shape index (κ2) is 5.45. The predicted octanol–water partition coefficient (Wildman–Crippen LogP) is 0.672. The molecule has 2 aromatic rings. The molecule has 1 aromatic carbocycles. The fourth-order valence-corrected chi connectivity index (χ4v) is 3.76. The van der Waals surface area contributed by atoms with Gasteiger partial charge in [-0.1, -0.05) is 0 Å². The SMILES string of the molecule is CN1CCN(c2c(F)cc3c(=O)c(C(=O)O)cn4c3c2CN4C)CC1. The van der Waals surface area contributed by atoms with Crippen LogP contribution in [-0.2, 0) is 6.54 Å². The molecule has 0 spiro atoms. The number of anilines is 1. The van der Waals surface area contributed by atoms with Crippen LogP contribution in [0.4, 0.5) is 10.1 Å². The van der Waals surface area contributed by atoms with Gasteiger partial charge in [-0.2, -0.15) is 0 Å². The standard InChI is InChI=1S/C17H19FN4O3/c1-19-3-5-21(6-4-19)15-11-8-20(2)22-9-12(17(24)25)16(23)10(14(11)22)7-13(15)18/h7,9H,3-6,8H2,1-2H3,(H,24,25). The van der Waals surface area contributed by atoms with Crippen molar-refractivity contribution in [2.45, 2.75) is 6.54 Å². The molecule has 0 bridgehead atoms. The lowest BCUT2D eigenvalue weighted by Gasteiger charge is -2.35. The van der Waals surface area contributed by atoms with Crippen LogP contribution in [0.25, 0.3) is 10.9 Å². The minimum Gasteiger partial charge on any atom is -0.477 e. The molecule has 0 saturated carbocycles. The van der Waals surface area contributed by atoms with Gasteiger partial charge in [0.1, 0.15) is 11.4 Å². The monoisotopic (exact) mass is 346 g/mol. The van der Waals surface area contributed by atoms with E-state index in [1.165, 1.54) is 12.3 Å². The third kappa shape index (κ3) is 2.28. The van der Waals surface area contributed by atoms with Crippen LogP contribution in [0.15, 0.2) is 17.1 Å². The number of piperazine rings is 1. The summed E-state index contributed by atoms with van der Waals surface area (Å²) in [6.45, 7) is 3.55. The van der Waals surface area contributed by atoms with Gasteiger partial charge in [0.15, 0.2) is 0 Å². The maximum absolute atomic E-state index is 14.9. The topological polar surface area (TPSA) is 69.0 Å². The van der Waals surface area contributed by atoms with E-state index in [4.69, 9.17) is 0 Å². The van der Waals surface area contributed by atoms with Crippen molar-refractivity contribution in [3.63, 3.8) is 0 Å². The van der Waals surface area contributed by atoms with E-state index in [0.717, 1.165) is 18.7 Å². The van der Waals surface area contributed by atoms with E-state index in [1.54, 1.807) is 16.7 Å². The van der Waals surface area contributed by atoms with Crippen molar-refractivity contribution in [3.8, 4) is 0 Å². The van der Waals surface area contributed by atoms with Gasteiger partial charge in [-0.15, -0.1) is 0 Å². The molecule has 8 heteroatoms. The molecule has 132 valence electrons. The van der Waals surface area contributed by atoms with E-state index in [9.17, 15) is 19.1 Å². The predicted molar refractivity (Wildman–Crippen MR) is 92.7 cm³/mol. The van der Waals surface area contributed by atoms with Crippen LogP contribution < -0.4 is 15.3 Å². The fraction of sp³-hybridized carbons (Fsp3) is 0.412. The summed E-state index contributed by atoms with van der Waals surface area (Å²) in [4.78, 5) is 28.0. The first-order valence-electron chi connectivity index (χ1n) is 8.17. The average Bonchev–Trinajstić information content (AvgIpc) is 2.88. The van der Waals surface area contributed by atoms with Crippen molar-refractivity contribution in [1.29, 1.82) is 0 Å². The van der Waals surface area contributed by atoms with E-state index in [-0.39, 0.29) is 10.9 Å². The van der Waals surface area contributed by atoms with Gasteiger partial charge in [0.05, 0.1) is 23.1 Å². The van der Waals surface area contributed by atoms with Crippen molar-refractivity contribution < 1.29 is 14.3 Å². The first kappa shape index (κ1) is 15.9. The summed E-state index contributed by atoms with van der Waals surface area (Å²) < 4.78 is 16.6. The molecule has 1 saturated heterocycles. The van der Waals surface area contributed by atoms with Gasteiger partial charge in [-0.25, -0.2) is 9.18 Å². The second-order valence-electron chi connectivity index (χ2n) is 6.71. The zero-order chi connectivity index (χ0) is 17.9. The zero-order valence-corrected chi connectivity index (χ0v) is 14.1. The van der Waals surface area contributed by atoms with Crippen LogP contribution in [0.5, 0.6) is 0 Å². The normalized spacial score (nSPS) is 17.6. The van der Waals surface area contributed by atoms with Gasteiger partial charge < -0.3 is 19.9 Å². The number of hydrogen-bond acceptors (Lipinski definition) is 5. The number of carboxylic acids is 1. The van der Waals surface area contributed by atoms with Crippen molar-refractivity contribution in [2.75, 3.05) is 50.2 Å². The summed E-state index contributed by atoms with van der Waals surface area (Å²) in [5.74, 6) is -1.77. The van der Waals surface area contributed by atoms with Crippen molar-refractivity contribution >= 4 is 22.6 Å². The largest absolute Gasteiger partial charge is 0.477 e. The maximum Gasteiger partial charge on any atom is 0.341 e. The molecule has 1 fully saturated rings. The maximum atomic E-state index is 14.9. The van der Waals surface area contributed by atoms with E-state index in [2.05, 4.69) is 4.90 Å². The minimum atomic E-state index is -1.30. The van der Waals surface area contributed by atoms with Crippen LogP contribution in [0.2, 0.25) is 0 Å². The Labute approximate surface area is 143 Å². The molecule has 0 radical (unpaired) electrons. The van der Waals surface area contributed by atoms with E-state index >= 15 is 0 Å². The molecule has 25 heavy (non-hydrogen) atoms. The molecule has 4 rings (SSSR count). The van der Waals surface area contributed by atoms with Crippen LogP contribution >= 0.6 is 0 Å². The highest BCUT2D eigenvalue weighted by Crippen LogP contribution is 2.35. The molecule has 7 nitrogen and oxygen atoms in total. The average molecular weight is 346 g/mol. The summed E-state index contributed by atoms with van der Waals surface area (Å²) in [6.07, 6.45) is 1.33. The number of hydrogen-bond donors (Lipinski definition) is 1. The highest BCUT2D eigenvalue weighted by molar-refractivity contribution is 5.96. The molecule has 1 N–H and O–H groups in total. The highest BCUT2D eigenvalue weighted by atomic mass is 19.1. The molecular formula is C17H19FN4O3. The molecule has 0 amide bonds. The Kier molecular flexibility index (Phi) is 3.47. The summed E-state index contributed by atoms with van der Waals surface area (Å²) >= 11 is 0. The summed E-state index contributed by atoms with van der Waals surface area (Å²) in [5, 5.41) is 11.2. The second-order valence-corrected chi connectivity index (χ2v) is 6.71. The molecule has 3 heterocycles. The fourth-order valence-electron chi connectivity index (χ4n) is 3.76. The van der Waals surface area contributed by atoms with E-state index < -0.39 is 17.2 Å². The summed E-state index contributed by atoms with van der Waals surface area (Å²) in [6, 6.07) is 1.19. The Morgan fingerprint density at radius 2 is 1.88 bits per heavy atom. The quantitative estimate of drug-likeness (QED) is 0.862. The molecular weight excluding hydrogens is 327 g/mol. The lowest BCUT2D eigenvalue weighted by atomic mass is 10.0. The first-order chi connectivity index (χ1) is 11.9. The van der Waals surface area contributed by atoms with Crippen LogP contribution in [0.1, 0.15) is 15.9 Å². The van der Waals surface area contributed by atoms with Gasteiger partial charge in [0, 0.05) is 45.0 Å². The Morgan fingerprint density at radius 1 is 1.20 bits per heavy atom. The molecule has 0 atom stereocenters. The van der Waals surface area contributed by atoms with Gasteiger partial charge in [-0.3, -0.25) is 9.47 Å². The lowest BCUT2D eigenvalue weighted by Crippen LogP contribution is -2.45. The Balaban J connectivity index is 1.97. The Hall–Kier alpha value is -2.61. The number of benzene rings is 1. The van der Waals surface area contributed by atoms with Gasteiger partial charge in [0.25, 0.3) is 0 Å². The summed E-state index contributed by atoms with van der Waals surface area (Å²) in [5.41, 5.74) is 0.892. The van der Waals surface area contributed by atoms with Gasteiger partial charge in [-0.05, 0) is 13.1 Å². The minimum absolute atomic E-state index is 0.120. The number of carbonyl (C=O) groups is 1. The summed E-state index contributed by atoms with van der Waals surface area (Å²) in [7, 11) is 3.83. The van der Waals surface area contributed by atoms with Crippen molar-refractivity contribution in [1.82, 2.24) is 9.58 Å². The Bertz CT molecular complexity index is 947. The highest BCUT2D eigenvalue weighted by Gasteiger charge is 2.30. The third-order valence-electron chi connectivity index (χ3n) is 5.10. The zero-order valence-electron chi connectivity index (χ0n) is 14.1. The van der Waals surface area contributed by atoms with Crippen molar-refractivity contribution in [2.24, 2.45) is 0 Å². The van der Waals surface area contributed by atoms with E-state index in [0.29, 0.717) is 30.8 Å².